The molecule has 0 spiro atoms. The Bertz CT molecular complexity index is 1160. The van der Waals surface area contributed by atoms with Gasteiger partial charge < -0.3 is 9.73 Å². The van der Waals surface area contributed by atoms with Gasteiger partial charge in [0.05, 0.1) is 0 Å². The van der Waals surface area contributed by atoms with Crippen LogP contribution < -0.4 is 5.32 Å². The van der Waals surface area contributed by atoms with E-state index in [1.165, 1.54) is 44.1 Å². The summed E-state index contributed by atoms with van der Waals surface area (Å²) in [7, 11) is 0. The zero-order chi connectivity index (χ0) is 22.8. The summed E-state index contributed by atoms with van der Waals surface area (Å²) in [5, 5.41) is 3.16. The van der Waals surface area contributed by atoms with Crippen molar-refractivity contribution in [3.05, 3.63) is 48.0 Å². The summed E-state index contributed by atoms with van der Waals surface area (Å²) >= 11 is 0. The van der Waals surface area contributed by atoms with Crippen LogP contribution in [0.15, 0.2) is 46.9 Å². The first kappa shape index (κ1) is 20.9. The highest BCUT2D eigenvalue weighted by Crippen LogP contribution is 2.61. The zero-order valence-corrected chi connectivity index (χ0v) is 20.0. The second kappa shape index (κ2) is 7.44. The molecule has 4 fully saturated rings. The van der Waals surface area contributed by atoms with Crippen LogP contribution in [0.2, 0.25) is 0 Å². The van der Waals surface area contributed by atoms with Gasteiger partial charge in [0.15, 0.2) is 5.58 Å². The first-order valence-electron chi connectivity index (χ1n) is 12.6. The molecule has 4 nitrogen and oxygen atoms in total. The number of amides is 1. The van der Waals surface area contributed by atoms with Crippen LogP contribution in [0.3, 0.4) is 0 Å². The van der Waals surface area contributed by atoms with Crippen LogP contribution in [0.1, 0.15) is 71.3 Å². The minimum atomic E-state index is 0.114. The van der Waals surface area contributed by atoms with E-state index < -0.39 is 0 Å². The first-order valence-corrected chi connectivity index (χ1v) is 12.6. The second-order valence-corrected chi connectivity index (χ2v) is 12.2. The molecule has 3 aromatic rings. The lowest BCUT2D eigenvalue weighted by Gasteiger charge is -2.56. The molecule has 1 amide bonds. The molecule has 7 rings (SSSR count). The van der Waals surface area contributed by atoms with Crippen LogP contribution in [0.5, 0.6) is 0 Å². The molecule has 4 aliphatic rings. The minimum Gasteiger partial charge on any atom is -0.436 e. The topological polar surface area (TPSA) is 55.1 Å². The molecule has 0 radical (unpaired) electrons. The van der Waals surface area contributed by atoms with E-state index in [1.807, 2.05) is 18.2 Å². The Kier molecular flexibility index (Phi) is 4.73. The Morgan fingerprint density at radius 2 is 1.64 bits per heavy atom. The summed E-state index contributed by atoms with van der Waals surface area (Å²) in [6.07, 6.45) is 8.66. The Balaban J connectivity index is 1.17. The summed E-state index contributed by atoms with van der Waals surface area (Å²) in [6.45, 7) is 6.63. The lowest BCUT2D eigenvalue weighted by molar-refractivity contribution is -0.124. The smallest absolute Gasteiger partial charge is 0.227 e. The minimum absolute atomic E-state index is 0.114. The first-order chi connectivity index (χ1) is 15.7. The number of hydrogen-bond acceptors (Lipinski definition) is 3. The Morgan fingerprint density at radius 3 is 2.24 bits per heavy atom. The highest BCUT2D eigenvalue weighted by molar-refractivity contribution is 5.93. The maximum atomic E-state index is 13.0. The summed E-state index contributed by atoms with van der Waals surface area (Å²) in [6, 6.07) is 14.2. The molecule has 2 aromatic carbocycles. The van der Waals surface area contributed by atoms with Crippen molar-refractivity contribution in [3.63, 3.8) is 0 Å². The second-order valence-electron chi connectivity index (χ2n) is 12.2. The van der Waals surface area contributed by atoms with Crippen LogP contribution in [0, 0.1) is 23.2 Å². The molecule has 4 heteroatoms. The van der Waals surface area contributed by atoms with E-state index in [9.17, 15) is 4.79 Å². The molecule has 1 aromatic heterocycles. The predicted molar refractivity (Wildman–Crippen MR) is 132 cm³/mol. The van der Waals surface area contributed by atoms with E-state index in [4.69, 9.17) is 9.40 Å². The Labute approximate surface area is 196 Å². The lowest BCUT2D eigenvalue weighted by Crippen LogP contribution is -2.47. The molecule has 1 heterocycles. The summed E-state index contributed by atoms with van der Waals surface area (Å²) in [5.41, 5.74) is 4.94. The number of anilines is 1. The van der Waals surface area contributed by atoms with Crippen molar-refractivity contribution in [2.75, 3.05) is 5.32 Å². The van der Waals surface area contributed by atoms with Gasteiger partial charge in [-0.1, -0.05) is 32.9 Å². The van der Waals surface area contributed by atoms with E-state index in [0.717, 1.165) is 40.1 Å². The maximum Gasteiger partial charge on any atom is 0.227 e. The van der Waals surface area contributed by atoms with Gasteiger partial charge in [0.2, 0.25) is 11.8 Å². The number of aromatic nitrogens is 1. The van der Waals surface area contributed by atoms with Crippen molar-refractivity contribution in [1.29, 1.82) is 0 Å². The van der Waals surface area contributed by atoms with Crippen LogP contribution in [0.4, 0.5) is 5.69 Å². The molecular formula is C29H34N2O2. The molecule has 0 saturated heterocycles. The number of carbonyl (C=O) groups excluding carboxylic acids is 1. The molecule has 172 valence electrons. The molecule has 0 unspecified atom stereocenters. The van der Waals surface area contributed by atoms with Crippen molar-refractivity contribution < 1.29 is 9.21 Å². The fraction of sp³-hybridized carbons (Fsp3) is 0.517. The van der Waals surface area contributed by atoms with Gasteiger partial charge in [-0.05, 0) is 103 Å². The van der Waals surface area contributed by atoms with E-state index in [2.05, 4.69) is 50.4 Å². The third kappa shape index (κ3) is 3.98. The monoisotopic (exact) mass is 442 g/mol. The number of fused-ring (bicyclic) bond motifs is 1. The maximum absolute atomic E-state index is 13.0. The van der Waals surface area contributed by atoms with E-state index in [1.54, 1.807) is 0 Å². The van der Waals surface area contributed by atoms with Gasteiger partial charge >= 0.3 is 0 Å². The standard InChI is InChI=1S/C29H34N2O2/c1-28(2,3)22-6-4-21(5-7-22)27-31-24-13-23(8-9-25(24)33-27)30-26(32)17-29-14-18-10-19(15-29)12-20(11-18)16-29/h4-9,13,18-20H,10-12,14-17H2,1-3H3,(H,30,32). The lowest BCUT2D eigenvalue weighted by atomic mass is 9.49. The van der Waals surface area contributed by atoms with Crippen molar-refractivity contribution in [2.45, 2.75) is 71.1 Å². The Hall–Kier alpha value is -2.62. The van der Waals surface area contributed by atoms with Gasteiger partial charge in [0.25, 0.3) is 0 Å². The molecule has 4 aliphatic carbocycles. The fourth-order valence-corrected chi connectivity index (χ4v) is 7.29. The van der Waals surface area contributed by atoms with E-state index in [0.29, 0.717) is 12.3 Å². The number of oxazole rings is 1. The summed E-state index contributed by atoms with van der Waals surface area (Å²) in [5.74, 6) is 3.37. The zero-order valence-electron chi connectivity index (χ0n) is 20.0. The average molecular weight is 443 g/mol. The molecule has 0 atom stereocenters. The molecule has 33 heavy (non-hydrogen) atoms. The number of nitrogens with one attached hydrogen (secondary N) is 1. The van der Waals surface area contributed by atoms with Gasteiger partial charge in [0.1, 0.15) is 5.52 Å². The van der Waals surface area contributed by atoms with Gasteiger partial charge in [-0.25, -0.2) is 4.98 Å². The van der Waals surface area contributed by atoms with Gasteiger partial charge in [-0.2, -0.15) is 0 Å². The summed E-state index contributed by atoms with van der Waals surface area (Å²) < 4.78 is 6.01. The number of nitrogens with zero attached hydrogens (tertiary/aromatic N) is 1. The van der Waals surface area contributed by atoms with Crippen LogP contribution >= 0.6 is 0 Å². The highest BCUT2D eigenvalue weighted by Gasteiger charge is 2.51. The SMILES string of the molecule is CC(C)(C)c1ccc(-c2nc3cc(NC(=O)CC45CC6CC(CC(C6)C4)C5)ccc3o2)cc1. The average Bonchev–Trinajstić information content (AvgIpc) is 3.15. The number of benzene rings is 2. The Morgan fingerprint density at radius 1 is 1.00 bits per heavy atom. The molecule has 0 aliphatic heterocycles. The quantitative estimate of drug-likeness (QED) is 0.460. The van der Waals surface area contributed by atoms with E-state index >= 15 is 0 Å². The molecule has 1 N–H and O–H groups in total. The van der Waals surface area contributed by atoms with Crippen LogP contribution in [0.25, 0.3) is 22.6 Å². The molecular weight excluding hydrogens is 408 g/mol. The van der Waals surface area contributed by atoms with Crippen LogP contribution in [-0.2, 0) is 10.2 Å². The fourth-order valence-electron chi connectivity index (χ4n) is 7.29. The van der Waals surface area contributed by atoms with Gasteiger partial charge in [-0.3, -0.25) is 4.79 Å². The van der Waals surface area contributed by atoms with Crippen LogP contribution in [-0.4, -0.2) is 10.9 Å². The van der Waals surface area contributed by atoms with Crippen molar-refractivity contribution in [2.24, 2.45) is 23.2 Å². The third-order valence-electron chi connectivity index (χ3n) is 8.37. The molecule has 4 saturated carbocycles. The number of carbonyl (C=O) groups is 1. The van der Waals surface area contributed by atoms with Crippen molar-refractivity contribution in [3.8, 4) is 11.5 Å². The highest BCUT2D eigenvalue weighted by atomic mass is 16.3. The van der Waals surface area contributed by atoms with E-state index in [-0.39, 0.29) is 16.7 Å². The normalized spacial score (nSPS) is 28.4. The van der Waals surface area contributed by atoms with Crippen molar-refractivity contribution in [1.82, 2.24) is 4.98 Å². The van der Waals surface area contributed by atoms with Gasteiger partial charge in [0, 0.05) is 17.7 Å². The largest absolute Gasteiger partial charge is 0.436 e. The van der Waals surface area contributed by atoms with Crippen molar-refractivity contribution >= 4 is 22.7 Å². The number of hydrogen-bond donors (Lipinski definition) is 1. The predicted octanol–water partition coefficient (Wildman–Crippen LogP) is 7.34. The number of rotatable bonds is 4. The summed E-state index contributed by atoms with van der Waals surface area (Å²) in [4.78, 5) is 17.7. The molecule has 4 bridgehead atoms. The van der Waals surface area contributed by atoms with Gasteiger partial charge in [-0.15, -0.1) is 0 Å². The third-order valence-corrected chi connectivity index (χ3v) is 8.37.